The summed E-state index contributed by atoms with van der Waals surface area (Å²) in [5, 5.41) is 12.7. The summed E-state index contributed by atoms with van der Waals surface area (Å²) in [6, 6.07) is 5.71. The van der Waals surface area contributed by atoms with Gasteiger partial charge in [0.2, 0.25) is 0 Å². The van der Waals surface area contributed by atoms with Gasteiger partial charge in [-0.15, -0.1) is 16.4 Å². The van der Waals surface area contributed by atoms with Crippen LogP contribution in [0.2, 0.25) is 0 Å². The minimum absolute atomic E-state index is 0.109. The number of benzene rings is 1. The van der Waals surface area contributed by atoms with Gasteiger partial charge in [0, 0.05) is 17.7 Å². The molecule has 7 heteroatoms. The van der Waals surface area contributed by atoms with Crippen LogP contribution in [0.15, 0.2) is 39.9 Å². The fourth-order valence-corrected chi connectivity index (χ4v) is 3.47. The van der Waals surface area contributed by atoms with Gasteiger partial charge in [-0.25, -0.2) is 4.98 Å². The van der Waals surface area contributed by atoms with Gasteiger partial charge < -0.3 is 10.5 Å². The van der Waals surface area contributed by atoms with Crippen LogP contribution in [0.3, 0.4) is 0 Å². The van der Waals surface area contributed by atoms with E-state index in [0.717, 1.165) is 40.5 Å². The molecule has 2 aromatic rings. The Balaban J connectivity index is 2.17. The minimum Gasteiger partial charge on any atom is -0.496 e. The molecule has 0 bridgehead atoms. The normalized spacial score (nSPS) is 12.4. The number of hydrogen-bond donors (Lipinski definition) is 1. The highest BCUT2D eigenvalue weighted by Crippen LogP contribution is 2.30. The maximum absolute atomic E-state index is 5.67. The Morgan fingerprint density at radius 1 is 1.43 bits per heavy atom. The maximum atomic E-state index is 5.67. The lowest BCUT2D eigenvalue weighted by Crippen LogP contribution is -2.15. The zero-order chi connectivity index (χ0) is 20.7. The van der Waals surface area contributed by atoms with Crippen LogP contribution in [0.1, 0.15) is 43.5 Å². The van der Waals surface area contributed by atoms with E-state index < -0.39 is 0 Å². The van der Waals surface area contributed by atoms with Gasteiger partial charge in [-0.05, 0) is 50.3 Å². The second-order valence-electron chi connectivity index (χ2n) is 7.40. The predicted octanol–water partition coefficient (Wildman–Crippen LogP) is 4.85. The summed E-state index contributed by atoms with van der Waals surface area (Å²) >= 11 is 1.70. The van der Waals surface area contributed by atoms with Gasteiger partial charge in [0.05, 0.1) is 23.5 Å². The molecular weight excluding hydrogens is 370 g/mol. The number of rotatable bonds is 9. The van der Waals surface area contributed by atoms with Crippen LogP contribution < -0.4 is 15.6 Å². The average Bonchev–Trinajstić information content (AvgIpc) is 3.03. The number of amidine groups is 1. The number of anilines is 1. The van der Waals surface area contributed by atoms with Gasteiger partial charge in [0.15, 0.2) is 0 Å². The molecule has 0 atom stereocenters. The van der Waals surface area contributed by atoms with Gasteiger partial charge in [-0.1, -0.05) is 26.0 Å². The van der Waals surface area contributed by atoms with Crippen LogP contribution in [0.5, 0.6) is 5.75 Å². The molecule has 0 aliphatic carbocycles. The molecule has 150 valence electrons. The lowest BCUT2D eigenvalue weighted by atomic mass is 9.84. The Bertz CT molecular complexity index is 865. The highest BCUT2D eigenvalue weighted by atomic mass is 32.1. The van der Waals surface area contributed by atoms with E-state index in [1.54, 1.807) is 25.4 Å². The average molecular weight is 400 g/mol. The largest absolute Gasteiger partial charge is 0.496 e. The molecule has 0 radical (unpaired) electrons. The highest BCUT2D eigenvalue weighted by Gasteiger charge is 2.18. The minimum atomic E-state index is 0.109. The van der Waals surface area contributed by atoms with E-state index >= 15 is 0 Å². The molecular formula is C21H29N5OS. The summed E-state index contributed by atoms with van der Waals surface area (Å²) < 4.78 is 5.49. The number of methoxy groups -OCH3 is 1. The van der Waals surface area contributed by atoms with Crippen LogP contribution in [-0.4, -0.2) is 24.6 Å². The first-order valence-corrected chi connectivity index (χ1v) is 9.95. The number of nitrogens with zero attached hydrogens (tertiary/aromatic N) is 4. The van der Waals surface area contributed by atoms with Crippen molar-refractivity contribution in [2.45, 2.75) is 40.5 Å². The number of hydrogen-bond acceptors (Lipinski definition) is 6. The Kier molecular flexibility index (Phi) is 7.34. The van der Waals surface area contributed by atoms with Crippen molar-refractivity contribution < 1.29 is 4.74 Å². The van der Waals surface area contributed by atoms with E-state index in [9.17, 15) is 0 Å². The third-order valence-electron chi connectivity index (χ3n) is 4.12. The summed E-state index contributed by atoms with van der Waals surface area (Å²) in [4.78, 5) is 4.58. The molecule has 0 spiro atoms. The van der Waals surface area contributed by atoms with Gasteiger partial charge in [0.25, 0.3) is 0 Å². The Labute approximate surface area is 171 Å². The quantitative estimate of drug-likeness (QED) is 0.372. The van der Waals surface area contributed by atoms with Crippen molar-refractivity contribution in [3.8, 4) is 5.75 Å². The first-order chi connectivity index (χ1) is 13.2. The molecule has 2 N–H and O–H groups in total. The summed E-state index contributed by atoms with van der Waals surface area (Å²) in [5.41, 5.74) is 8.64. The van der Waals surface area contributed by atoms with Crippen molar-refractivity contribution in [3.05, 3.63) is 45.9 Å². The van der Waals surface area contributed by atoms with Crippen molar-refractivity contribution in [2.24, 2.45) is 21.4 Å². The number of allylic oxidation sites excluding steroid dienone is 1. The lowest BCUT2D eigenvalue weighted by molar-refractivity contribution is 0.366. The Morgan fingerprint density at radius 3 is 2.75 bits per heavy atom. The summed E-state index contributed by atoms with van der Waals surface area (Å²) in [5.74, 6) is 1.18. The number of ether oxygens (including phenoxy) is 1. The zero-order valence-electron chi connectivity index (χ0n) is 17.3. The molecule has 0 unspecified atom stereocenters. The molecule has 2 rings (SSSR count). The van der Waals surface area contributed by atoms with E-state index in [2.05, 4.69) is 53.3 Å². The second kappa shape index (κ2) is 9.50. The second-order valence-corrected chi connectivity index (χ2v) is 8.47. The smallest absolute Gasteiger partial charge is 0.126 e. The van der Waals surface area contributed by atoms with Gasteiger partial charge in [-0.3, -0.25) is 0 Å². The van der Waals surface area contributed by atoms with Crippen molar-refractivity contribution in [3.63, 3.8) is 0 Å². The van der Waals surface area contributed by atoms with Crippen LogP contribution >= 0.6 is 11.3 Å². The molecule has 6 nitrogen and oxygen atoms in total. The van der Waals surface area contributed by atoms with E-state index in [0.29, 0.717) is 5.84 Å². The summed E-state index contributed by atoms with van der Waals surface area (Å²) in [6.45, 7) is 11.8. The first-order valence-electron chi connectivity index (χ1n) is 9.07. The number of aromatic nitrogens is 1. The number of nitrogens with two attached hydrogens (primary N) is 1. The van der Waals surface area contributed by atoms with Gasteiger partial charge in [-0.2, -0.15) is 10.2 Å². The van der Waals surface area contributed by atoms with Crippen LogP contribution in [-0.2, 0) is 6.42 Å². The third-order valence-corrected chi connectivity index (χ3v) is 4.95. The fraction of sp³-hybridized carbons (Fsp3) is 0.381. The molecule has 0 fully saturated rings. The first kappa shape index (κ1) is 21.6. The third kappa shape index (κ3) is 6.20. The monoisotopic (exact) mass is 399 g/mol. The fourth-order valence-electron chi connectivity index (χ4n) is 2.85. The lowest BCUT2D eigenvalue weighted by Gasteiger charge is -2.21. The molecule has 0 aliphatic rings. The Morgan fingerprint density at radius 2 is 2.18 bits per heavy atom. The molecule has 1 heterocycles. The van der Waals surface area contributed by atoms with Crippen molar-refractivity contribution >= 4 is 35.7 Å². The molecule has 28 heavy (non-hydrogen) atoms. The van der Waals surface area contributed by atoms with E-state index in [1.807, 2.05) is 25.1 Å². The van der Waals surface area contributed by atoms with E-state index in [-0.39, 0.29) is 5.41 Å². The van der Waals surface area contributed by atoms with Crippen LogP contribution in [0, 0.1) is 12.3 Å². The molecule has 0 aliphatic heterocycles. The van der Waals surface area contributed by atoms with Crippen molar-refractivity contribution in [1.29, 1.82) is 0 Å². The molecule has 0 saturated carbocycles. The number of aryl methyl sites for hydroxylation is 1. The molecule has 0 saturated heterocycles. The number of thiazole rings is 1. The SMILES string of the molecule is C=NN(/N=C(/C)N)c1ccc(OC)c(/C=C/CC(C)(C)Cc2csc(C)n2)c1. The summed E-state index contributed by atoms with van der Waals surface area (Å²) in [7, 11) is 1.66. The molecule has 0 amide bonds. The maximum Gasteiger partial charge on any atom is 0.126 e. The van der Waals surface area contributed by atoms with Gasteiger partial charge in [0.1, 0.15) is 11.6 Å². The van der Waals surface area contributed by atoms with Crippen molar-refractivity contribution in [2.75, 3.05) is 12.2 Å². The molecule has 1 aromatic carbocycles. The molecule has 1 aromatic heterocycles. The highest BCUT2D eigenvalue weighted by molar-refractivity contribution is 7.09. The predicted molar refractivity (Wildman–Crippen MR) is 120 cm³/mol. The van der Waals surface area contributed by atoms with E-state index in [4.69, 9.17) is 10.5 Å². The van der Waals surface area contributed by atoms with Crippen LogP contribution in [0.4, 0.5) is 5.69 Å². The topological polar surface area (TPSA) is 76.1 Å². The number of hydrazone groups is 2. The van der Waals surface area contributed by atoms with Crippen LogP contribution in [0.25, 0.3) is 6.08 Å². The Hall–Kier alpha value is -2.67. The van der Waals surface area contributed by atoms with E-state index in [1.165, 1.54) is 5.12 Å². The van der Waals surface area contributed by atoms with Crippen molar-refractivity contribution in [1.82, 2.24) is 4.98 Å². The van der Waals surface area contributed by atoms with Gasteiger partial charge >= 0.3 is 0 Å². The summed E-state index contributed by atoms with van der Waals surface area (Å²) in [6.07, 6.45) is 6.10. The zero-order valence-corrected chi connectivity index (χ0v) is 18.1. The standard InChI is InChI=1S/C21H29N5OS/c1-15(22)25-26(23-5)19-9-10-20(27-6)17(12-19)8-7-11-21(3,4)13-18-14-28-16(2)24-18/h7-10,12,14H,5,11,13H2,1-4,6H3,(H2,22,25)/b8-7+.